The van der Waals surface area contributed by atoms with Crippen LogP contribution in [0, 0.1) is 0 Å². The molecule has 2 aromatic carbocycles. The van der Waals surface area contributed by atoms with Crippen LogP contribution >= 0.6 is 0 Å². The van der Waals surface area contributed by atoms with E-state index in [2.05, 4.69) is 10.2 Å². The van der Waals surface area contributed by atoms with Crippen molar-refractivity contribution >= 4 is 11.6 Å². The van der Waals surface area contributed by atoms with Crippen LogP contribution in [0.25, 0.3) is 11.1 Å². The molecule has 0 atom stereocenters. The number of benzene rings is 2. The predicted octanol–water partition coefficient (Wildman–Crippen LogP) is 2.88. The Bertz CT molecular complexity index is 879. The third-order valence-electron chi connectivity index (χ3n) is 4.25. The first-order chi connectivity index (χ1) is 13.7. The summed E-state index contributed by atoms with van der Waals surface area (Å²) in [5, 5.41) is 15.9. The molecule has 146 valence electrons. The minimum Gasteiger partial charge on any atom is -0.497 e. The van der Waals surface area contributed by atoms with Gasteiger partial charge in [0.15, 0.2) is 6.61 Å². The van der Waals surface area contributed by atoms with E-state index < -0.39 is 0 Å². The van der Waals surface area contributed by atoms with Crippen molar-refractivity contribution < 1.29 is 19.4 Å². The normalized spacial score (nSPS) is 10.5. The molecule has 1 heterocycles. The van der Waals surface area contributed by atoms with E-state index in [0.717, 1.165) is 16.8 Å². The monoisotopic (exact) mass is 381 g/mol. The third-order valence-corrected chi connectivity index (χ3v) is 4.25. The molecule has 7 heteroatoms. The number of H-pyrrole nitrogens is 1. The Balaban J connectivity index is 1.70. The second-order valence-electron chi connectivity index (χ2n) is 6.12. The summed E-state index contributed by atoms with van der Waals surface area (Å²) < 4.78 is 10.8. The Kier molecular flexibility index (Phi) is 6.64. The first-order valence-corrected chi connectivity index (χ1v) is 8.98. The molecule has 0 saturated carbocycles. The van der Waals surface area contributed by atoms with Gasteiger partial charge in [-0.05, 0) is 36.2 Å². The van der Waals surface area contributed by atoms with Crippen molar-refractivity contribution in [1.29, 1.82) is 0 Å². The highest BCUT2D eigenvalue weighted by Crippen LogP contribution is 2.23. The highest BCUT2D eigenvalue weighted by Gasteiger charge is 2.16. The molecule has 0 aliphatic carbocycles. The summed E-state index contributed by atoms with van der Waals surface area (Å²) in [5.74, 6) is 1.04. The number of anilines is 1. The zero-order valence-corrected chi connectivity index (χ0v) is 15.7. The van der Waals surface area contributed by atoms with Gasteiger partial charge in [0.25, 0.3) is 5.91 Å². The van der Waals surface area contributed by atoms with Crippen LogP contribution in [-0.2, 0) is 4.79 Å². The van der Waals surface area contributed by atoms with E-state index >= 15 is 0 Å². The van der Waals surface area contributed by atoms with Gasteiger partial charge < -0.3 is 19.5 Å². The molecule has 0 aliphatic heterocycles. The van der Waals surface area contributed by atoms with Crippen LogP contribution in [0.2, 0.25) is 0 Å². The van der Waals surface area contributed by atoms with Crippen LogP contribution < -0.4 is 14.4 Å². The number of nitrogens with zero attached hydrogens (tertiary/aromatic N) is 2. The molecule has 28 heavy (non-hydrogen) atoms. The largest absolute Gasteiger partial charge is 0.497 e. The molecule has 7 nitrogen and oxygen atoms in total. The van der Waals surface area contributed by atoms with Gasteiger partial charge in [0.1, 0.15) is 11.5 Å². The minimum absolute atomic E-state index is 0.00756. The summed E-state index contributed by atoms with van der Waals surface area (Å²) >= 11 is 0. The molecule has 0 saturated heterocycles. The summed E-state index contributed by atoms with van der Waals surface area (Å²) in [7, 11) is 1.58. The molecule has 0 aliphatic rings. The predicted molar refractivity (Wildman–Crippen MR) is 107 cm³/mol. The van der Waals surface area contributed by atoms with Gasteiger partial charge in [-0.15, -0.1) is 0 Å². The van der Waals surface area contributed by atoms with Gasteiger partial charge >= 0.3 is 0 Å². The molecule has 3 aromatic rings. The van der Waals surface area contributed by atoms with Crippen molar-refractivity contribution in [3.63, 3.8) is 0 Å². The van der Waals surface area contributed by atoms with Gasteiger partial charge in [-0.2, -0.15) is 5.10 Å². The van der Waals surface area contributed by atoms with Gasteiger partial charge in [0, 0.05) is 36.7 Å². The number of rotatable bonds is 9. The lowest BCUT2D eigenvalue weighted by Gasteiger charge is -2.23. The Morgan fingerprint density at radius 1 is 1.14 bits per heavy atom. The lowest BCUT2D eigenvalue weighted by molar-refractivity contribution is -0.120. The van der Waals surface area contributed by atoms with E-state index in [-0.39, 0.29) is 19.1 Å². The molecular formula is C21H23N3O4. The standard InChI is InChI=1S/C21H23N3O4/c1-27-19-4-2-5-20(12-19)28-15-21(26)24(10-3-11-25)18-8-6-16(7-9-18)17-13-22-23-14-17/h2,4-9,12-14,25H,3,10-11,15H2,1H3,(H,22,23). The van der Waals surface area contributed by atoms with Gasteiger partial charge in [0.2, 0.25) is 0 Å². The van der Waals surface area contributed by atoms with Gasteiger partial charge in [0.05, 0.1) is 13.3 Å². The smallest absolute Gasteiger partial charge is 0.264 e. The maximum atomic E-state index is 12.8. The number of hydrogen-bond donors (Lipinski definition) is 2. The number of carbonyl (C=O) groups is 1. The summed E-state index contributed by atoms with van der Waals surface area (Å²) in [5.41, 5.74) is 2.72. The molecule has 0 spiro atoms. The second-order valence-corrected chi connectivity index (χ2v) is 6.12. The molecule has 2 N–H and O–H groups in total. The lowest BCUT2D eigenvalue weighted by Crippen LogP contribution is -2.36. The summed E-state index contributed by atoms with van der Waals surface area (Å²) in [4.78, 5) is 14.4. The van der Waals surface area contributed by atoms with E-state index in [1.165, 1.54) is 0 Å². The number of aromatic amines is 1. The first-order valence-electron chi connectivity index (χ1n) is 8.98. The molecule has 3 rings (SSSR count). The number of methoxy groups -OCH3 is 1. The van der Waals surface area contributed by atoms with Crippen LogP contribution in [0.1, 0.15) is 6.42 Å². The number of carbonyl (C=O) groups excluding carboxylic acids is 1. The van der Waals surface area contributed by atoms with Gasteiger partial charge in [-0.3, -0.25) is 9.89 Å². The van der Waals surface area contributed by atoms with Crippen LogP contribution in [0.15, 0.2) is 60.9 Å². The average molecular weight is 381 g/mol. The number of ether oxygens (including phenoxy) is 2. The van der Waals surface area contributed by atoms with Crippen molar-refractivity contribution in [2.75, 3.05) is 31.8 Å². The maximum Gasteiger partial charge on any atom is 0.264 e. The Morgan fingerprint density at radius 3 is 2.61 bits per heavy atom. The van der Waals surface area contributed by atoms with Gasteiger partial charge in [-0.25, -0.2) is 0 Å². The van der Waals surface area contributed by atoms with Crippen LogP contribution in [0.5, 0.6) is 11.5 Å². The van der Waals surface area contributed by atoms with Crippen LogP contribution in [0.3, 0.4) is 0 Å². The highest BCUT2D eigenvalue weighted by atomic mass is 16.5. The van der Waals surface area contributed by atoms with Crippen molar-refractivity contribution in [3.05, 3.63) is 60.9 Å². The molecule has 0 bridgehead atoms. The van der Waals surface area contributed by atoms with Gasteiger partial charge in [-0.1, -0.05) is 18.2 Å². The number of aliphatic hydroxyl groups is 1. The number of aromatic nitrogens is 2. The molecule has 1 aromatic heterocycles. The fourth-order valence-electron chi connectivity index (χ4n) is 2.78. The lowest BCUT2D eigenvalue weighted by atomic mass is 10.1. The molecule has 0 radical (unpaired) electrons. The number of hydrogen-bond acceptors (Lipinski definition) is 5. The third kappa shape index (κ3) is 4.89. The molecule has 0 unspecified atom stereocenters. The molecule has 0 fully saturated rings. The summed E-state index contributed by atoms with van der Waals surface area (Å²) in [6, 6.07) is 14.7. The van der Waals surface area contributed by atoms with Crippen molar-refractivity contribution in [2.24, 2.45) is 0 Å². The minimum atomic E-state index is -0.188. The highest BCUT2D eigenvalue weighted by molar-refractivity contribution is 5.94. The Morgan fingerprint density at radius 2 is 1.93 bits per heavy atom. The maximum absolute atomic E-state index is 12.8. The zero-order valence-electron chi connectivity index (χ0n) is 15.7. The Hall–Kier alpha value is -3.32. The second kappa shape index (κ2) is 9.57. The van der Waals surface area contributed by atoms with E-state index in [1.54, 1.807) is 36.4 Å². The van der Waals surface area contributed by atoms with Crippen molar-refractivity contribution in [2.45, 2.75) is 6.42 Å². The number of amides is 1. The quantitative estimate of drug-likeness (QED) is 0.595. The summed E-state index contributed by atoms with van der Waals surface area (Å²) in [6.07, 6.45) is 4.03. The fourth-order valence-corrected chi connectivity index (χ4v) is 2.78. The molecule has 1 amide bonds. The van der Waals surface area contributed by atoms with Crippen LogP contribution in [0.4, 0.5) is 5.69 Å². The van der Waals surface area contributed by atoms with E-state index in [4.69, 9.17) is 9.47 Å². The SMILES string of the molecule is COc1cccc(OCC(=O)N(CCCO)c2ccc(-c3cn[nH]c3)cc2)c1. The van der Waals surface area contributed by atoms with E-state index in [9.17, 15) is 9.90 Å². The first kappa shape index (κ1) is 19.4. The Labute approximate surface area is 163 Å². The van der Waals surface area contributed by atoms with Crippen molar-refractivity contribution in [1.82, 2.24) is 10.2 Å². The van der Waals surface area contributed by atoms with E-state index in [1.807, 2.05) is 36.5 Å². The fraction of sp³-hybridized carbons (Fsp3) is 0.238. The topological polar surface area (TPSA) is 87.7 Å². The van der Waals surface area contributed by atoms with E-state index in [0.29, 0.717) is 24.5 Å². The van der Waals surface area contributed by atoms with Crippen molar-refractivity contribution in [3.8, 4) is 22.6 Å². The number of aliphatic hydroxyl groups excluding tert-OH is 1. The average Bonchev–Trinajstić information content (AvgIpc) is 3.28. The van der Waals surface area contributed by atoms with Crippen LogP contribution in [-0.4, -0.2) is 48.1 Å². The molecular weight excluding hydrogens is 358 g/mol. The zero-order chi connectivity index (χ0) is 19.8. The summed E-state index contributed by atoms with van der Waals surface area (Å²) in [6.45, 7) is 0.303. The number of nitrogens with one attached hydrogen (secondary N) is 1.